The SMILES string of the molecule is Cc1c(S(C)(=O)=O)c(-c2cc(F)cc(N3CCN(c4ccc(N5CCCO[P@@]5(=O)c5ccc(N[C@H](CCN6CCC(O)CC6)CSc6ccccc6)c(S(=O)(=O)C(F)(F)F)c5)cc4)CC3)c2)c(-c2ccc(Cl)cc2)n1C(C)C. The van der Waals surface area contributed by atoms with Crippen molar-refractivity contribution in [2.24, 2.45) is 0 Å². The number of hydrogen-bond acceptors (Lipinski definition) is 12. The van der Waals surface area contributed by atoms with E-state index < -0.39 is 49.5 Å². The van der Waals surface area contributed by atoms with Gasteiger partial charge in [0.15, 0.2) is 9.84 Å². The van der Waals surface area contributed by atoms with E-state index in [9.17, 15) is 35.1 Å². The Morgan fingerprint density at radius 3 is 2.08 bits per heavy atom. The van der Waals surface area contributed by atoms with Gasteiger partial charge in [-0.25, -0.2) is 21.2 Å². The van der Waals surface area contributed by atoms with E-state index in [-0.39, 0.29) is 41.2 Å². The summed E-state index contributed by atoms with van der Waals surface area (Å²) in [5.41, 5.74) is -1.30. The van der Waals surface area contributed by atoms with Crippen LogP contribution in [0.2, 0.25) is 5.02 Å². The molecule has 22 heteroatoms. The number of aromatic nitrogens is 1. The smallest absolute Gasteiger partial charge is 0.393 e. The Balaban J connectivity index is 0.948. The molecule has 78 heavy (non-hydrogen) atoms. The van der Waals surface area contributed by atoms with Gasteiger partial charge in [0.25, 0.3) is 9.84 Å². The molecular weight excluding hydrogens is 1110 g/mol. The maximum atomic E-state index is 15.9. The molecule has 3 aliphatic rings. The molecule has 0 aliphatic carbocycles. The van der Waals surface area contributed by atoms with Crippen LogP contribution in [-0.4, -0.2) is 120 Å². The number of anilines is 4. The van der Waals surface area contributed by atoms with Crippen molar-refractivity contribution in [3.8, 4) is 22.4 Å². The molecule has 3 aliphatic heterocycles. The summed E-state index contributed by atoms with van der Waals surface area (Å²) in [6.07, 6.45) is 2.91. The number of alkyl halides is 3. The molecule has 1 aromatic heterocycles. The number of rotatable bonds is 17. The molecule has 4 heterocycles. The Labute approximate surface area is 463 Å². The van der Waals surface area contributed by atoms with Gasteiger partial charge in [0.05, 0.1) is 34.3 Å². The van der Waals surface area contributed by atoms with Crippen molar-refractivity contribution < 1.29 is 48.6 Å². The van der Waals surface area contributed by atoms with Crippen molar-refractivity contribution in [3.63, 3.8) is 0 Å². The third kappa shape index (κ3) is 12.5. The minimum absolute atomic E-state index is 0.0311. The highest BCUT2D eigenvalue weighted by Gasteiger charge is 2.49. The van der Waals surface area contributed by atoms with Gasteiger partial charge in [-0.05, 0) is 143 Å². The lowest BCUT2D eigenvalue weighted by Crippen LogP contribution is -2.46. The Kier molecular flexibility index (Phi) is 17.4. The number of hydrogen-bond donors (Lipinski definition) is 2. The van der Waals surface area contributed by atoms with Gasteiger partial charge in [0.1, 0.15) is 10.7 Å². The van der Waals surface area contributed by atoms with Crippen LogP contribution in [0.5, 0.6) is 0 Å². The molecule has 13 nitrogen and oxygen atoms in total. The first-order valence-corrected chi connectivity index (χ1v) is 32.3. The van der Waals surface area contributed by atoms with Gasteiger partial charge in [0, 0.05) is 115 Å². The molecule has 0 unspecified atom stereocenters. The lowest BCUT2D eigenvalue weighted by atomic mass is 9.99. The Morgan fingerprint density at radius 2 is 1.45 bits per heavy atom. The Bertz CT molecular complexity index is 3380. The summed E-state index contributed by atoms with van der Waals surface area (Å²) in [7, 11) is -14.0. The fourth-order valence-corrected chi connectivity index (χ4v) is 16.5. The first-order valence-electron chi connectivity index (χ1n) is 26.0. The van der Waals surface area contributed by atoms with E-state index in [0.29, 0.717) is 116 Å². The topological polar surface area (TPSA) is 145 Å². The number of nitrogens with zero attached hydrogens (tertiary/aromatic N) is 5. The molecule has 5 aromatic carbocycles. The molecule has 0 bridgehead atoms. The summed E-state index contributed by atoms with van der Waals surface area (Å²) in [5, 5.41) is 13.5. The third-order valence-corrected chi connectivity index (χ3v) is 21.3. The monoisotopic (exact) mass is 1170 g/mol. The number of aliphatic hydroxyl groups excluding tert-OH is 1. The van der Waals surface area contributed by atoms with E-state index in [2.05, 4.69) is 15.1 Å². The van der Waals surface area contributed by atoms with Gasteiger partial charge in [0.2, 0.25) is 0 Å². The standard InChI is InChI=1S/C56H64ClF4N6O7PS3/c1-38(2)67-39(3)55(77(4,70)71)53(54(67)40-11-13-42(57)14-12-40)41-33-43(58)35-47(34-41)65-30-28-64(29-31-65)45-15-17-46(18-16-45)66-24-8-32-74-75(66,69)49-19-20-51(52(36-49)78(72,73)56(59,60)61)62-44(37-76-50-9-6-5-7-10-50)21-25-63-26-22-48(68)23-27-63/h5-7,9-20,33-36,38,44,48,62,68H,8,21-32,37H2,1-4H3/t44-,75+/m1/s1. The number of piperidine rings is 1. The number of piperazine rings is 1. The summed E-state index contributed by atoms with van der Waals surface area (Å²) >= 11 is 7.76. The highest BCUT2D eigenvalue weighted by atomic mass is 35.5. The normalized spacial score (nSPS) is 18.7. The second-order valence-electron chi connectivity index (χ2n) is 20.4. The van der Waals surface area contributed by atoms with Gasteiger partial charge in [-0.1, -0.05) is 41.9 Å². The summed E-state index contributed by atoms with van der Waals surface area (Å²) < 4.78 is 138. The number of thioether (sulfide) groups is 1. The molecular formula is C56H64ClF4N6O7PS3. The molecule has 3 saturated heterocycles. The zero-order chi connectivity index (χ0) is 55.7. The molecule has 6 aromatic rings. The van der Waals surface area contributed by atoms with Crippen LogP contribution in [-0.2, 0) is 28.8 Å². The fraction of sp³-hybridized carbons (Fsp3) is 0.393. The van der Waals surface area contributed by atoms with Gasteiger partial charge < -0.3 is 34.2 Å². The van der Waals surface area contributed by atoms with Gasteiger partial charge in [-0.2, -0.15) is 13.2 Å². The van der Waals surface area contributed by atoms with Crippen molar-refractivity contribution in [1.29, 1.82) is 0 Å². The summed E-state index contributed by atoms with van der Waals surface area (Å²) in [6.45, 7) is 9.86. The van der Waals surface area contributed by atoms with E-state index in [1.807, 2.05) is 84.0 Å². The lowest BCUT2D eigenvalue weighted by Gasteiger charge is -2.39. The van der Waals surface area contributed by atoms with Crippen LogP contribution in [0, 0.1) is 12.7 Å². The van der Waals surface area contributed by atoms with E-state index in [0.717, 1.165) is 22.2 Å². The summed E-state index contributed by atoms with van der Waals surface area (Å²) in [6, 6.07) is 31.3. The van der Waals surface area contributed by atoms with Crippen molar-refractivity contribution >= 4 is 78.6 Å². The van der Waals surface area contributed by atoms with Crippen molar-refractivity contribution in [2.45, 2.75) is 84.8 Å². The van der Waals surface area contributed by atoms with E-state index in [1.165, 1.54) is 47.0 Å². The Morgan fingerprint density at radius 1 is 0.808 bits per heavy atom. The van der Waals surface area contributed by atoms with Crippen LogP contribution >= 0.6 is 30.9 Å². The van der Waals surface area contributed by atoms with Crippen LogP contribution < -0.4 is 25.1 Å². The van der Waals surface area contributed by atoms with Crippen LogP contribution in [0.15, 0.2) is 130 Å². The second-order valence-corrected chi connectivity index (χ2v) is 28.0. The fourth-order valence-electron chi connectivity index (χ4n) is 10.8. The molecule has 2 atom stereocenters. The number of likely N-dealkylation sites (tertiary alicyclic amines) is 1. The van der Waals surface area contributed by atoms with Gasteiger partial charge in [-0.15, -0.1) is 11.8 Å². The maximum Gasteiger partial charge on any atom is 0.501 e. The largest absolute Gasteiger partial charge is 0.501 e. The quantitative estimate of drug-likeness (QED) is 0.0508. The molecule has 2 N–H and O–H groups in total. The molecule has 0 radical (unpaired) electrons. The predicted molar refractivity (Wildman–Crippen MR) is 305 cm³/mol. The van der Waals surface area contributed by atoms with Crippen molar-refractivity contribution in [1.82, 2.24) is 9.47 Å². The first-order chi connectivity index (χ1) is 37.0. The number of nitrogens with one attached hydrogen (secondary N) is 1. The van der Waals surface area contributed by atoms with Crippen molar-refractivity contribution in [3.05, 3.63) is 132 Å². The average molecular weight is 1170 g/mol. The molecule has 0 spiro atoms. The maximum absolute atomic E-state index is 15.9. The zero-order valence-corrected chi connectivity index (χ0v) is 47.9. The minimum atomic E-state index is -5.97. The summed E-state index contributed by atoms with van der Waals surface area (Å²) in [4.78, 5) is 6.39. The predicted octanol–water partition coefficient (Wildman–Crippen LogP) is 11.7. The van der Waals surface area contributed by atoms with E-state index in [4.69, 9.17) is 16.1 Å². The molecule has 418 valence electrons. The number of sulfone groups is 2. The summed E-state index contributed by atoms with van der Waals surface area (Å²) in [5.74, 6) is -0.120. The molecule has 0 amide bonds. The number of benzene rings is 5. The lowest BCUT2D eigenvalue weighted by molar-refractivity contribution is -0.0435. The van der Waals surface area contributed by atoms with E-state index >= 15 is 8.96 Å². The molecule has 0 saturated carbocycles. The zero-order valence-electron chi connectivity index (χ0n) is 43.8. The van der Waals surface area contributed by atoms with Crippen LogP contribution in [0.1, 0.15) is 51.3 Å². The highest BCUT2D eigenvalue weighted by Crippen LogP contribution is 2.55. The second kappa shape index (κ2) is 23.6. The molecule has 9 rings (SSSR count). The number of aliphatic hydroxyl groups is 1. The van der Waals surface area contributed by atoms with Crippen molar-refractivity contribution in [2.75, 3.05) is 90.8 Å². The third-order valence-electron chi connectivity index (χ3n) is 14.6. The van der Waals surface area contributed by atoms with Crippen LogP contribution in [0.4, 0.5) is 40.3 Å². The van der Waals surface area contributed by atoms with Crippen LogP contribution in [0.3, 0.4) is 0 Å². The van der Waals surface area contributed by atoms with Gasteiger partial charge >= 0.3 is 13.0 Å². The minimum Gasteiger partial charge on any atom is -0.393 e. The first kappa shape index (κ1) is 57.6. The van der Waals surface area contributed by atoms with Crippen LogP contribution in [0.25, 0.3) is 22.4 Å². The molecule has 3 fully saturated rings. The number of halogens is 5. The van der Waals surface area contributed by atoms with Gasteiger partial charge in [-0.3, -0.25) is 9.24 Å². The Hall–Kier alpha value is -5.05. The highest BCUT2D eigenvalue weighted by molar-refractivity contribution is 7.99. The average Bonchev–Trinajstić information content (AvgIpc) is 3.75. The van der Waals surface area contributed by atoms with E-state index in [1.54, 1.807) is 31.2 Å².